The summed E-state index contributed by atoms with van der Waals surface area (Å²) in [6, 6.07) is 5.75. The molecule has 1 aliphatic carbocycles. The van der Waals surface area contributed by atoms with Crippen molar-refractivity contribution >= 4 is 0 Å². The summed E-state index contributed by atoms with van der Waals surface area (Å²) in [5.74, 6) is 0. The molecule has 0 radical (unpaired) electrons. The van der Waals surface area contributed by atoms with Crippen LogP contribution in [0.25, 0.3) is 0 Å². The fraction of sp³-hybridized carbons (Fsp3) is 0.667. The highest BCUT2D eigenvalue weighted by Crippen LogP contribution is 2.38. The number of benzene rings is 1. The van der Waals surface area contributed by atoms with E-state index in [2.05, 4.69) is 59.0 Å². The average molecular weight is 259 g/mol. The van der Waals surface area contributed by atoms with Gasteiger partial charge in [-0.1, -0.05) is 31.5 Å². The molecule has 0 amide bonds. The van der Waals surface area contributed by atoms with Gasteiger partial charge >= 0.3 is 0 Å². The van der Waals surface area contributed by atoms with E-state index in [4.69, 9.17) is 0 Å². The van der Waals surface area contributed by atoms with E-state index >= 15 is 0 Å². The molecule has 1 fully saturated rings. The van der Waals surface area contributed by atoms with Gasteiger partial charge in [-0.25, -0.2) is 0 Å². The first kappa shape index (κ1) is 14.6. The predicted octanol–water partition coefficient (Wildman–Crippen LogP) is 4.84. The van der Waals surface area contributed by atoms with E-state index < -0.39 is 0 Å². The Labute approximate surface area is 118 Å². The third-order valence-electron chi connectivity index (χ3n) is 4.63. The summed E-state index contributed by atoms with van der Waals surface area (Å²) in [6.07, 6.45) is 3.98. The molecule has 19 heavy (non-hydrogen) atoms. The van der Waals surface area contributed by atoms with E-state index in [0.29, 0.717) is 17.5 Å². The molecule has 2 atom stereocenters. The molecule has 1 aliphatic rings. The first-order valence-corrected chi connectivity index (χ1v) is 7.62. The lowest BCUT2D eigenvalue weighted by molar-refractivity contribution is 0.356. The van der Waals surface area contributed by atoms with Gasteiger partial charge in [-0.05, 0) is 69.1 Å². The molecular weight excluding hydrogens is 230 g/mol. The van der Waals surface area contributed by atoms with Gasteiger partial charge in [-0.2, -0.15) is 0 Å². The highest BCUT2D eigenvalue weighted by atomic mass is 15.0. The van der Waals surface area contributed by atoms with Crippen molar-refractivity contribution in [2.45, 2.75) is 72.9 Å². The zero-order valence-corrected chi connectivity index (χ0v) is 13.4. The van der Waals surface area contributed by atoms with Gasteiger partial charge in [0.2, 0.25) is 0 Å². The smallest absolute Gasteiger partial charge is 0.0299 e. The molecule has 0 aromatic heterocycles. The number of nitrogens with one attached hydrogen (secondary N) is 1. The molecule has 1 aromatic carbocycles. The minimum Gasteiger partial charge on any atom is -0.307 e. The summed E-state index contributed by atoms with van der Waals surface area (Å²) in [4.78, 5) is 0. The fourth-order valence-corrected chi connectivity index (χ4v) is 3.89. The molecule has 0 bridgehead atoms. The lowest BCUT2D eigenvalue weighted by Crippen LogP contribution is -2.30. The molecule has 106 valence electrons. The molecule has 0 spiro atoms. The van der Waals surface area contributed by atoms with Crippen LogP contribution in [0.1, 0.15) is 68.3 Å². The largest absolute Gasteiger partial charge is 0.307 e. The quantitative estimate of drug-likeness (QED) is 0.819. The van der Waals surface area contributed by atoms with Crippen molar-refractivity contribution in [3.8, 4) is 0 Å². The minimum absolute atomic E-state index is 0.458. The Morgan fingerprint density at radius 2 is 1.74 bits per heavy atom. The molecule has 0 heterocycles. The summed E-state index contributed by atoms with van der Waals surface area (Å²) in [6.45, 7) is 13.8. The minimum atomic E-state index is 0.458. The van der Waals surface area contributed by atoms with E-state index in [0.717, 1.165) is 0 Å². The van der Waals surface area contributed by atoms with Gasteiger partial charge in [-0.15, -0.1) is 0 Å². The van der Waals surface area contributed by atoms with Gasteiger partial charge in [0.15, 0.2) is 0 Å². The van der Waals surface area contributed by atoms with Gasteiger partial charge in [0.25, 0.3) is 0 Å². The summed E-state index contributed by atoms with van der Waals surface area (Å²) >= 11 is 0. The van der Waals surface area contributed by atoms with Gasteiger partial charge in [-0.3, -0.25) is 0 Å². The molecule has 0 saturated heterocycles. The van der Waals surface area contributed by atoms with Crippen LogP contribution in [0.15, 0.2) is 12.1 Å². The topological polar surface area (TPSA) is 12.0 Å². The Morgan fingerprint density at radius 1 is 1.16 bits per heavy atom. The first-order chi connectivity index (χ1) is 8.78. The Balaban J connectivity index is 2.11. The fourth-order valence-electron chi connectivity index (χ4n) is 3.89. The van der Waals surface area contributed by atoms with Crippen LogP contribution in [0.2, 0.25) is 0 Å². The normalized spacial score (nSPS) is 23.6. The van der Waals surface area contributed by atoms with Crippen LogP contribution in [0.5, 0.6) is 0 Å². The lowest BCUT2D eigenvalue weighted by atomic mass is 9.91. The third kappa shape index (κ3) is 3.39. The molecular formula is C18H29N. The van der Waals surface area contributed by atoms with Crippen molar-refractivity contribution in [1.29, 1.82) is 0 Å². The second kappa shape index (κ2) is 5.28. The Hall–Kier alpha value is -0.820. The molecule has 2 unspecified atom stereocenters. The number of hydrogen-bond acceptors (Lipinski definition) is 1. The summed E-state index contributed by atoms with van der Waals surface area (Å²) in [7, 11) is 0. The van der Waals surface area contributed by atoms with Crippen LogP contribution in [-0.2, 0) is 0 Å². The maximum absolute atomic E-state index is 3.85. The molecule has 0 aliphatic heterocycles. The molecule has 2 rings (SSSR count). The first-order valence-electron chi connectivity index (χ1n) is 7.62. The lowest BCUT2D eigenvalue weighted by Gasteiger charge is -2.24. The van der Waals surface area contributed by atoms with Crippen molar-refractivity contribution in [2.24, 2.45) is 5.41 Å². The predicted molar refractivity (Wildman–Crippen MR) is 83.6 cm³/mol. The number of hydrogen-bond donors (Lipinski definition) is 1. The second-order valence-corrected chi connectivity index (χ2v) is 7.30. The number of rotatable bonds is 3. The van der Waals surface area contributed by atoms with E-state index in [9.17, 15) is 0 Å². The summed E-state index contributed by atoms with van der Waals surface area (Å²) < 4.78 is 0. The van der Waals surface area contributed by atoms with E-state index in [1.54, 1.807) is 0 Å². The van der Waals surface area contributed by atoms with Crippen molar-refractivity contribution < 1.29 is 0 Å². The molecule has 1 saturated carbocycles. The van der Waals surface area contributed by atoms with Crippen molar-refractivity contribution in [3.05, 3.63) is 34.4 Å². The van der Waals surface area contributed by atoms with Crippen LogP contribution < -0.4 is 5.32 Å². The van der Waals surface area contributed by atoms with Crippen molar-refractivity contribution in [3.63, 3.8) is 0 Å². The zero-order valence-electron chi connectivity index (χ0n) is 13.4. The number of aryl methyl sites for hydroxylation is 3. The Bertz CT molecular complexity index is 436. The average Bonchev–Trinajstić information content (AvgIpc) is 2.56. The Kier molecular flexibility index (Phi) is 4.06. The van der Waals surface area contributed by atoms with Crippen LogP contribution in [0.3, 0.4) is 0 Å². The van der Waals surface area contributed by atoms with E-state index in [1.165, 1.54) is 41.5 Å². The Morgan fingerprint density at radius 3 is 2.21 bits per heavy atom. The zero-order chi connectivity index (χ0) is 14.2. The van der Waals surface area contributed by atoms with E-state index in [-0.39, 0.29) is 0 Å². The van der Waals surface area contributed by atoms with Crippen molar-refractivity contribution in [1.82, 2.24) is 5.32 Å². The molecule has 1 nitrogen and oxygen atoms in total. The SMILES string of the molecule is Cc1cc(C)c(C(C)NC2CCC(C)(C)C2)c(C)c1. The molecule has 1 heteroatoms. The maximum Gasteiger partial charge on any atom is 0.0299 e. The van der Waals surface area contributed by atoms with E-state index in [1.807, 2.05) is 0 Å². The standard InChI is InChI=1S/C18H29N/c1-12-9-13(2)17(14(3)10-12)15(4)19-16-7-8-18(5,6)11-16/h9-10,15-16,19H,7-8,11H2,1-6H3. The monoisotopic (exact) mass is 259 g/mol. The van der Waals surface area contributed by atoms with Crippen LogP contribution in [0, 0.1) is 26.2 Å². The third-order valence-corrected chi connectivity index (χ3v) is 4.63. The highest BCUT2D eigenvalue weighted by molar-refractivity contribution is 5.39. The van der Waals surface area contributed by atoms with Crippen LogP contribution in [-0.4, -0.2) is 6.04 Å². The van der Waals surface area contributed by atoms with Gasteiger partial charge in [0.1, 0.15) is 0 Å². The van der Waals surface area contributed by atoms with Gasteiger partial charge in [0, 0.05) is 12.1 Å². The van der Waals surface area contributed by atoms with Gasteiger partial charge in [0.05, 0.1) is 0 Å². The van der Waals surface area contributed by atoms with Gasteiger partial charge < -0.3 is 5.32 Å². The van der Waals surface area contributed by atoms with Crippen LogP contribution in [0.4, 0.5) is 0 Å². The summed E-state index contributed by atoms with van der Waals surface area (Å²) in [5.41, 5.74) is 6.24. The maximum atomic E-state index is 3.85. The summed E-state index contributed by atoms with van der Waals surface area (Å²) in [5, 5.41) is 3.85. The van der Waals surface area contributed by atoms with Crippen LogP contribution >= 0.6 is 0 Å². The second-order valence-electron chi connectivity index (χ2n) is 7.30. The highest BCUT2D eigenvalue weighted by Gasteiger charge is 2.31. The molecule has 1 N–H and O–H groups in total. The van der Waals surface area contributed by atoms with Crippen molar-refractivity contribution in [2.75, 3.05) is 0 Å². The molecule has 1 aromatic rings.